The van der Waals surface area contributed by atoms with E-state index in [2.05, 4.69) is 12.2 Å². The average Bonchev–Trinajstić information content (AvgIpc) is 3.34. The third-order valence-corrected chi connectivity index (χ3v) is 8.97. The molecule has 8 heteroatoms. The highest BCUT2D eigenvalue weighted by atomic mass is 16.6. The minimum atomic E-state index is -1.00. The van der Waals surface area contributed by atoms with Gasteiger partial charge in [0.1, 0.15) is 6.10 Å². The Morgan fingerprint density at radius 2 is 1.94 bits per heavy atom. The number of ether oxygens (including phenoxy) is 2. The van der Waals surface area contributed by atoms with Gasteiger partial charge in [0.25, 0.3) is 0 Å². The predicted octanol–water partition coefficient (Wildman–Crippen LogP) is 4.52. The van der Waals surface area contributed by atoms with Crippen LogP contribution in [0.3, 0.4) is 0 Å². The number of Topliss-reactive ketones (excluding diaryl/α,β-unsaturated/α-hetero) is 1. The number of hydrogen-bond donors (Lipinski definition) is 1. The molecule has 1 unspecified atom stereocenters. The predicted molar refractivity (Wildman–Crippen MR) is 130 cm³/mol. The molecule has 1 amide bonds. The van der Waals surface area contributed by atoms with Gasteiger partial charge in [-0.25, -0.2) is 0 Å². The van der Waals surface area contributed by atoms with Gasteiger partial charge in [-0.15, -0.1) is 0 Å². The molecule has 2 heterocycles. The number of amides is 1. The summed E-state index contributed by atoms with van der Waals surface area (Å²) in [4.78, 5) is 52.6. The number of rotatable bonds is 8. The van der Waals surface area contributed by atoms with Crippen molar-refractivity contribution in [3.05, 3.63) is 24.2 Å². The maximum Gasteiger partial charge on any atom is 0.310 e. The summed E-state index contributed by atoms with van der Waals surface area (Å²) in [7, 11) is 0. The van der Waals surface area contributed by atoms with Gasteiger partial charge in [-0.3, -0.25) is 19.2 Å². The molecular weight excluding hydrogens is 462 g/mol. The SMILES string of the molecule is CCCCCCNC(=O)[C@@H]1C[C@H](OC(C)=O)C(=O)C2[C@@]3(C)C[C@@H](c4ccoc4)OC(=O)[C@H]3CC[C@]21C. The Morgan fingerprint density at radius 3 is 2.61 bits per heavy atom. The zero-order valence-corrected chi connectivity index (χ0v) is 21.8. The Labute approximate surface area is 212 Å². The van der Waals surface area contributed by atoms with Crippen molar-refractivity contribution in [3.8, 4) is 0 Å². The number of esters is 2. The molecule has 0 spiro atoms. The molecule has 0 bridgehead atoms. The van der Waals surface area contributed by atoms with Gasteiger partial charge in [-0.2, -0.15) is 0 Å². The summed E-state index contributed by atoms with van der Waals surface area (Å²) < 4.78 is 16.5. The zero-order valence-electron chi connectivity index (χ0n) is 21.8. The van der Waals surface area contributed by atoms with E-state index in [9.17, 15) is 19.2 Å². The van der Waals surface area contributed by atoms with E-state index in [0.29, 0.717) is 25.8 Å². The van der Waals surface area contributed by atoms with E-state index in [1.54, 1.807) is 12.3 Å². The summed E-state index contributed by atoms with van der Waals surface area (Å²) in [5.74, 6) is -2.75. The van der Waals surface area contributed by atoms with E-state index < -0.39 is 46.8 Å². The van der Waals surface area contributed by atoms with Gasteiger partial charge in [0.2, 0.25) is 5.91 Å². The van der Waals surface area contributed by atoms with Crippen LogP contribution in [0.1, 0.15) is 90.7 Å². The molecule has 0 radical (unpaired) electrons. The highest BCUT2D eigenvalue weighted by molar-refractivity contribution is 5.93. The first-order valence-corrected chi connectivity index (χ1v) is 13.3. The Balaban J connectivity index is 1.67. The Hall–Kier alpha value is -2.64. The smallest absolute Gasteiger partial charge is 0.310 e. The van der Waals surface area contributed by atoms with Gasteiger partial charge in [-0.05, 0) is 42.6 Å². The van der Waals surface area contributed by atoms with Gasteiger partial charge in [-0.1, -0.05) is 40.0 Å². The van der Waals surface area contributed by atoms with Crippen LogP contribution in [-0.4, -0.2) is 36.3 Å². The molecule has 0 aromatic carbocycles. The number of ketones is 1. The third-order valence-electron chi connectivity index (χ3n) is 8.97. The van der Waals surface area contributed by atoms with Gasteiger partial charge in [0, 0.05) is 37.3 Å². The summed E-state index contributed by atoms with van der Waals surface area (Å²) in [5.41, 5.74) is -0.665. The molecule has 1 N–H and O–H groups in total. The Morgan fingerprint density at radius 1 is 1.17 bits per heavy atom. The maximum atomic E-state index is 14.0. The summed E-state index contributed by atoms with van der Waals surface area (Å²) in [6.07, 6.45) is 7.45. The molecule has 3 fully saturated rings. The zero-order chi connectivity index (χ0) is 26.1. The van der Waals surface area contributed by atoms with Crippen LogP contribution in [0.2, 0.25) is 0 Å². The largest absolute Gasteiger partial charge is 0.472 e. The lowest BCUT2D eigenvalue weighted by molar-refractivity contribution is -0.207. The van der Waals surface area contributed by atoms with Crippen LogP contribution >= 0.6 is 0 Å². The van der Waals surface area contributed by atoms with Crippen molar-refractivity contribution in [1.29, 1.82) is 0 Å². The van der Waals surface area contributed by atoms with Crippen LogP contribution in [0.4, 0.5) is 0 Å². The average molecular weight is 502 g/mol. The fraction of sp³-hybridized carbons (Fsp3) is 0.714. The van der Waals surface area contributed by atoms with Crippen LogP contribution in [0, 0.1) is 28.6 Å². The minimum Gasteiger partial charge on any atom is -0.472 e. The highest BCUT2D eigenvalue weighted by Gasteiger charge is 2.67. The van der Waals surface area contributed by atoms with E-state index in [1.165, 1.54) is 13.2 Å². The molecule has 1 saturated heterocycles. The van der Waals surface area contributed by atoms with Crippen LogP contribution in [-0.2, 0) is 28.7 Å². The quantitative estimate of drug-likeness (QED) is 0.412. The summed E-state index contributed by atoms with van der Waals surface area (Å²) >= 11 is 0. The first kappa shape index (κ1) is 26.4. The molecule has 7 atom stereocenters. The van der Waals surface area contributed by atoms with Crippen molar-refractivity contribution < 1.29 is 33.1 Å². The second-order valence-corrected chi connectivity index (χ2v) is 11.4. The molecule has 1 aromatic rings. The number of cyclic esters (lactones) is 1. The summed E-state index contributed by atoms with van der Waals surface area (Å²) in [5, 5.41) is 3.09. The monoisotopic (exact) mass is 501 g/mol. The minimum absolute atomic E-state index is 0.101. The number of hydrogen-bond acceptors (Lipinski definition) is 7. The third kappa shape index (κ3) is 4.71. The molecule has 2 aliphatic carbocycles. The fourth-order valence-corrected chi connectivity index (χ4v) is 7.25. The highest BCUT2D eigenvalue weighted by Crippen LogP contribution is 2.65. The second-order valence-electron chi connectivity index (χ2n) is 11.4. The molecule has 2 saturated carbocycles. The first-order valence-electron chi connectivity index (χ1n) is 13.3. The number of unbranched alkanes of at least 4 members (excludes halogenated alkanes) is 3. The molecule has 4 rings (SSSR count). The molecular formula is C28H39NO7. The maximum absolute atomic E-state index is 14.0. The number of carbonyl (C=O) groups excluding carboxylic acids is 4. The number of fused-ring (bicyclic) bond motifs is 3. The number of furan rings is 1. The van der Waals surface area contributed by atoms with Crippen molar-refractivity contribution in [2.75, 3.05) is 6.54 Å². The molecule has 1 aliphatic heterocycles. The van der Waals surface area contributed by atoms with Crippen molar-refractivity contribution in [1.82, 2.24) is 5.32 Å². The van der Waals surface area contributed by atoms with Crippen LogP contribution in [0.15, 0.2) is 23.0 Å². The van der Waals surface area contributed by atoms with Crippen LogP contribution in [0.5, 0.6) is 0 Å². The second kappa shape index (κ2) is 10.4. The first-order chi connectivity index (χ1) is 17.1. The van der Waals surface area contributed by atoms with Crippen molar-refractivity contribution >= 4 is 23.6 Å². The van der Waals surface area contributed by atoms with Gasteiger partial charge >= 0.3 is 11.9 Å². The van der Waals surface area contributed by atoms with Crippen LogP contribution < -0.4 is 5.32 Å². The van der Waals surface area contributed by atoms with Crippen molar-refractivity contribution in [2.24, 2.45) is 28.6 Å². The Kier molecular flexibility index (Phi) is 7.62. The van der Waals surface area contributed by atoms with Crippen LogP contribution in [0.25, 0.3) is 0 Å². The van der Waals surface area contributed by atoms with E-state index in [-0.39, 0.29) is 24.1 Å². The fourth-order valence-electron chi connectivity index (χ4n) is 7.25. The molecule has 8 nitrogen and oxygen atoms in total. The summed E-state index contributed by atoms with van der Waals surface area (Å²) in [6, 6.07) is 1.77. The Bertz CT molecular complexity index is 988. The molecule has 198 valence electrons. The standard InChI is InChI=1S/C28H39NO7/c1-5-6-7-8-12-29-25(32)20-14-21(35-17(2)30)23(31)24-27(20,3)11-9-19-26(33)36-22(15-28(19,24)4)18-10-13-34-16-18/h10,13,16,19-22,24H,5-9,11-12,14-15H2,1-4H3,(H,29,32)/t19-,20+,21+,22+,24?,27+,28+/m1/s1. The van der Waals surface area contributed by atoms with E-state index in [0.717, 1.165) is 31.2 Å². The van der Waals surface area contributed by atoms with E-state index in [1.807, 2.05) is 13.8 Å². The molecule has 3 aliphatic rings. The van der Waals surface area contributed by atoms with Gasteiger partial charge in [0.05, 0.1) is 18.4 Å². The van der Waals surface area contributed by atoms with E-state index in [4.69, 9.17) is 13.9 Å². The number of carbonyl (C=O) groups is 4. The van der Waals surface area contributed by atoms with E-state index >= 15 is 0 Å². The number of nitrogens with one attached hydrogen (secondary N) is 1. The lowest BCUT2D eigenvalue weighted by atomic mass is 9.43. The summed E-state index contributed by atoms with van der Waals surface area (Å²) in [6.45, 7) is 7.98. The van der Waals surface area contributed by atoms with Crippen molar-refractivity contribution in [2.45, 2.75) is 91.3 Å². The molecule has 36 heavy (non-hydrogen) atoms. The lowest BCUT2D eigenvalue weighted by Gasteiger charge is -2.61. The normalized spacial score (nSPS) is 35.8. The topological polar surface area (TPSA) is 112 Å². The van der Waals surface area contributed by atoms with Gasteiger partial charge in [0.15, 0.2) is 11.9 Å². The lowest BCUT2D eigenvalue weighted by Crippen LogP contribution is -2.65. The molecule has 1 aromatic heterocycles. The van der Waals surface area contributed by atoms with Crippen molar-refractivity contribution in [3.63, 3.8) is 0 Å². The van der Waals surface area contributed by atoms with Gasteiger partial charge < -0.3 is 19.2 Å².